The molecule has 1 N–H and O–H groups in total. The van der Waals surface area contributed by atoms with Crippen LogP contribution in [0.3, 0.4) is 0 Å². The minimum Gasteiger partial charge on any atom is -0.356 e. The first-order chi connectivity index (χ1) is 14.0. The van der Waals surface area contributed by atoms with Crippen molar-refractivity contribution in [1.82, 2.24) is 15.1 Å². The van der Waals surface area contributed by atoms with E-state index in [4.69, 9.17) is 0 Å². The Balaban J connectivity index is 1.43. The molecule has 0 bridgehead atoms. The first-order valence-electron chi connectivity index (χ1n) is 9.62. The molecule has 1 aliphatic rings. The largest absolute Gasteiger partial charge is 0.356 e. The molecule has 7 heteroatoms. The molecule has 0 saturated heterocycles. The van der Waals surface area contributed by atoms with Crippen LogP contribution in [0.25, 0.3) is 0 Å². The average molecular weight is 396 g/mol. The average Bonchev–Trinajstić information content (AvgIpc) is 2.95. The van der Waals surface area contributed by atoms with Gasteiger partial charge in [0, 0.05) is 33.7 Å². The Labute approximate surface area is 170 Å². The summed E-state index contributed by atoms with van der Waals surface area (Å²) in [7, 11) is 3.59. The minimum absolute atomic E-state index is 0.218. The van der Waals surface area contributed by atoms with Crippen molar-refractivity contribution in [3.05, 3.63) is 71.0 Å². The summed E-state index contributed by atoms with van der Waals surface area (Å²) in [5.41, 5.74) is 1.83. The quantitative estimate of drug-likeness (QED) is 0.338. The van der Waals surface area contributed by atoms with Crippen molar-refractivity contribution in [3.8, 4) is 0 Å². The number of carbonyl (C=O) groups is 2. The molecular formula is C22H25FN4O2. The Morgan fingerprint density at radius 1 is 1.07 bits per heavy atom. The SMILES string of the molecule is CN=C(NCCCCN1C(=O)c2ccccc2C1=O)N(C)Cc1cccc(F)c1. The lowest BCUT2D eigenvalue weighted by Gasteiger charge is -2.22. The third-order valence-electron chi connectivity index (χ3n) is 4.85. The number of hydrogen-bond acceptors (Lipinski definition) is 3. The van der Waals surface area contributed by atoms with Gasteiger partial charge in [0.25, 0.3) is 11.8 Å². The number of fused-ring (bicyclic) bond motifs is 1. The fourth-order valence-electron chi connectivity index (χ4n) is 3.41. The fourth-order valence-corrected chi connectivity index (χ4v) is 3.41. The zero-order valence-corrected chi connectivity index (χ0v) is 16.7. The topological polar surface area (TPSA) is 65.0 Å². The van der Waals surface area contributed by atoms with E-state index in [1.807, 2.05) is 18.0 Å². The molecule has 29 heavy (non-hydrogen) atoms. The van der Waals surface area contributed by atoms with Gasteiger partial charge in [0.1, 0.15) is 5.82 Å². The van der Waals surface area contributed by atoms with Crippen LogP contribution >= 0.6 is 0 Å². The van der Waals surface area contributed by atoms with E-state index in [-0.39, 0.29) is 17.6 Å². The molecule has 0 saturated carbocycles. The number of guanidine groups is 1. The number of nitrogens with one attached hydrogen (secondary N) is 1. The second-order valence-corrected chi connectivity index (χ2v) is 6.97. The molecule has 0 aromatic heterocycles. The Morgan fingerprint density at radius 3 is 2.38 bits per heavy atom. The number of hydrogen-bond donors (Lipinski definition) is 1. The summed E-state index contributed by atoms with van der Waals surface area (Å²) in [5, 5.41) is 3.26. The Hall–Kier alpha value is -3.22. The zero-order valence-electron chi connectivity index (χ0n) is 16.7. The Morgan fingerprint density at radius 2 is 1.76 bits per heavy atom. The van der Waals surface area contributed by atoms with E-state index < -0.39 is 0 Å². The summed E-state index contributed by atoms with van der Waals surface area (Å²) in [5.74, 6) is 0.00962. The molecule has 0 unspecified atom stereocenters. The molecule has 2 aromatic rings. The van der Waals surface area contributed by atoms with Crippen molar-refractivity contribution in [3.63, 3.8) is 0 Å². The highest BCUT2D eigenvalue weighted by atomic mass is 19.1. The summed E-state index contributed by atoms with van der Waals surface area (Å²) in [6.45, 7) is 1.58. The number of amides is 2. The van der Waals surface area contributed by atoms with Crippen molar-refractivity contribution >= 4 is 17.8 Å². The van der Waals surface area contributed by atoms with Crippen LogP contribution in [-0.2, 0) is 6.54 Å². The summed E-state index contributed by atoms with van der Waals surface area (Å²) in [4.78, 5) is 32.2. The van der Waals surface area contributed by atoms with Gasteiger partial charge in [0.2, 0.25) is 0 Å². The number of unbranched alkanes of at least 4 members (excludes halogenated alkanes) is 1. The van der Waals surface area contributed by atoms with E-state index in [9.17, 15) is 14.0 Å². The standard InChI is InChI=1S/C22H25FN4O2/c1-24-22(26(2)15-16-8-7-9-17(23)14-16)25-12-5-6-13-27-20(28)18-10-3-4-11-19(18)21(27)29/h3-4,7-11,14H,5-6,12-13,15H2,1-2H3,(H,24,25). The molecule has 2 aromatic carbocycles. The molecule has 0 radical (unpaired) electrons. The summed E-state index contributed by atoms with van der Waals surface area (Å²) < 4.78 is 13.3. The summed E-state index contributed by atoms with van der Waals surface area (Å²) >= 11 is 0. The summed E-state index contributed by atoms with van der Waals surface area (Å²) in [6, 6.07) is 13.4. The van der Waals surface area contributed by atoms with Crippen LogP contribution in [0, 0.1) is 5.82 Å². The second-order valence-electron chi connectivity index (χ2n) is 6.97. The Kier molecular flexibility index (Phi) is 6.59. The van der Waals surface area contributed by atoms with Gasteiger partial charge in [-0.3, -0.25) is 19.5 Å². The number of aliphatic imine (C=N–C) groups is 1. The number of nitrogens with zero attached hydrogens (tertiary/aromatic N) is 3. The lowest BCUT2D eigenvalue weighted by Crippen LogP contribution is -2.39. The highest BCUT2D eigenvalue weighted by Gasteiger charge is 2.34. The van der Waals surface area contributed by atoms with Crippen LogP contribution in [0.1, 0.15) is 39.1 Å². The van der Waals surface area contributed by atoms with E-state index in [1.54, 1.807) is 37.4 Å². The van der Waals surface area contributed by atoms with Crippen LogP contribution in [0.15, 0.2) is 53.5 Å². The zero-order chi connectivity index (χ0) is 20.8. The number of halogens is 1. The molecular weight excluding hydrogens is 371 g/mol. The smallest absolute Gasteiger partial charge is 0.261 e. The molecule has 0 atom stereocenters. The molecule has 3 rings (SSSR count). The number of rotatable bonds is 7. The molecule has 0 fully saturated rings. The van der Waals surface area contributed by atoms with Gasteiger partial charge in [-0.25, -0.2) is 4.39 Å². The van der Waals surface area contributed by atoms with Crippen molar-refractivity contribution < 1.29 is 14.0 Å². The maximum Gasteiger partial charge on any atom is 0.261 e. The molecule has 0 spiro atoms. The predicted molar refractivity (Wildman–Crippen MR) is 110 cm³/mol. The molecule has 6 nitrogen and oxygen atoms in total. The van der Waals surface area contributed by atoms with E-state index >= 15 is 0 Å². The second kappa shape index (κ2) is 9.32. The van der Waals surface area contributed by atoms with E-state index in [0.717, 1.165) is 12.0 Å². The Bertz CT molecular complexity index is 894. The summed E-state index contributed by atoms with van der Waals surface area (Å²) in [6.07, 6.45) is 1.48. The lowest BCUT2D eigenvalue weighted by molar-refractivity contribution is 0.0652. The van der Waals surface area contributed by atoms with Crippen molar-refractivity contribution in [2.45, 2.75) is 19.4 Å². The van der Waals surface area contributed by atoms with E-state index in [0.29, 0.717) is 43.1 Å². The van der Waals surface area contributed by atoms with Gasteiger partial charge in [0.05, 0.1) is 11.1 Å². The minimum atomic E-state index is -0.257. The predicted octanol–water partition coefficient (Wildman–Crippen LogP) is 2.91. The van der Waals surface area contributed by atoms with Crippen LogP contribution in [0.2, 0.25) is 0 Å². The molecule has 0 aliphatic carbocycles. The highest BCUT2D eigenvalue weighted by molar-refractivity contribution is 6.21. The normalized spacial score (nSPS) is 13.6. The first kappa shape index (κ1) is 20.5. The maximum atomic E-state index is 13.3. The van der Waals surface area contributed by atoms with Gasteiger partial charge in [-0.2, -0.15) is 0 Å². The van der Waals surface area contributed by atoms with E-state index in [1.165, 1.54) is 17.0 Å². The van der Waals surface area contributed by atoms with Gasteiger partial charge in [0.15, 0.2) is 5.96 Å². The highest BCUT2D eigenvalue weighted by Crippen LogP contribution is 2.22. The number of carbonyl (C=O) groups excluding carboxylic acids is 2. The van der Waals surface area contributed by atoms with Gasteiger partial charge in [-0.15, -0.1) is 0 Å². The first-order valence-corrected chi connectivity index (χ1v) is 9.62. The third-order valence-corrected chi connectivity index (χ3v) is 4.85. The monoisotopic (exact) mass is 396 g/mol. The fraction of sp³-hybridized carbons (Fsp3) is 0.318. The molecule has 2 amide bonds. The van der Waals surface area contributed by atoms with E-state index in [2.05, 4.69) is 10.3 Å². The lowest BCUT2D eigenvalue weighted by atomic mass is 10.1. The number of benzene rings is 2. The number of imide groups is 1. The van der Waals surface area contributed by atoms with Crippen molar-refractivity contribution in [2.24, 2.45) is 4.99 Å². The van der Waals surface area contributed by atoms with Crippen LogP contribution in [0.5, 0.6) is 0 Å². The van der Waals surface area contributed by atoms with Crippen LogP contribution < -0.4 is 5.32 Å². The molecule has 1 heterocycles. The molecule has 152 valence electrons. The van der Waals surface area contributed by atoms with Gasteiger partial charge in [-0.1, -0.05) is 24.3 Å². The van der Waals surface area contributed by atoms with Crippen LogP contribution in [0.4, 0.5) is 4.39 Å². The van der Waals surface area contributed by atoms with Crippen LogP contribution in [-0.4, -0.2) is 54.8 Å². The maximum absolute atomic E-state index is 13.3. The van der Waals surface area contributed by atoms with Crippen molar-refractivity contribution in [1.29, 1.82) is 0 Å². The van der Waals surface area contributed by atoms with Gasteiger partial charge < -0.3 is 10.2 Å². The molecule has 1 aliphatic heterocycles. The third kappa shape index (κ3) is 4.80. The van der Waals surface area contributed by atoms with Gasteiger partial charge >= 0.3 is 0 Å². The van der Waals surface area contributed by atoms with Gasteiger partial charge in [-0.05, 0) is 42.7 Å². The van der Waals surface area contributed by atoms with Crippen molar-refractivity contribution in [2.75, 3.05) is 27.2 Å².